The molecule has 0 spiro atoms. The van der Waals surface area contributed by atoms with Crippen LogP contribution in [-0.2, 0) is 14.3 Å². The number of hydrogen-bond acceptors (Lipinski definition) is 3. The Morgan fingerprint density at radius 2 is 1.88 bits per heavy atom. The van der Waals surface area contributed by atoms with E-state index in [0.717, 1.165) is 25.3 Å². The second-order valence-electron chi connectivity index (χ2n) is 7.84. The van der Waals surface area contributed by atoms with E-state index >= 15 is 0 Å². The van der Waals surface area contributed by atoms with Crippen LogP contribution in [0.3, 0.4) is 0 Å². The number of rotatable bonds is 10. The molecule has 0 aromatic carbocycles. The highest BCUT2D eigenvalue weighted by Crippen LogP contribution is 2.27. The van der Waals surface area contributed by atoms with Crippen LogP contribution in [0.1, 0.15) is 90.4 Å². The molecular weight excluding hydrogens is 326 g/mol. The zero-order valence-electron chi connectivity index (χ0n) is 16.6. The highest BCUT2D eigenvalue weighted by atomic mass is 16.5. The van der Waals surface area contributed by atoms with Crippen LogP contribution < -0.4 is 0 Å². The van der Waals surface area contributed by atoms with E-state index in [-0.39, 0.29) is 11.9 Å². The van der Waals surface area contributed by atoms with Crippen LogP contribution in [0.25, 0.3) is 0 Å². The van der Waals surface area contributed by atoms with Gasteiger partial charge < -0.3 is 9.64 Å². The van der Waals surface area contributed by atoms with E-state index in [0.29, 0.717) is 26.0 Å². The standard InChI is InChI=1S/C22H37NO3/c1-2-26-22(25)16-18-23(17-15-20-11-7-4-8-12-20)21(24)14-13-19-9-5-3-6-10-19/h11,19H,2-10,12-18H2,1H3. The summed E-state index contributed by atoms with van der Waals surface area (Å²) in [6.45, 7) is 3.46. The van der Waals surface area contributed by atoms with Crippen molar-refractivity contribution in [2.24, 2.45) is 5.92 Å². The van der Waals surface area contributed by atoms with E-state index in [1.165, 1.54) is 63.4 Å². The van der Waals surface area contributed by atoms with Crippen LogP contribution in [-0.4, -0.2) is 36.5 Å². The summed E-state index contributed by atoms with van der Waals surface area (Å²) in [5, 5.41) is 0. The second kappa shape index (κ2) is 12.1. The van der Waals surface area contributed by atoms with Gasteiger partial charge in [0.2, 0.25) is 5.91 Å². The average Bonchev–Trinajstić information content (AvgIpc) is 2.68. The van der Waals surface area contributed by atoms with Crippen LogP contribution in [0.15, 0.2) is 11.6 Å². The molecule has 2 rings (SSSR count). The van der Waals surface area contributed by atoms with Crippen molar-refractivity contribution in [2.45, 2.75) is 90.4 Å². The van der Waals surface area contributed by atoms with E-state index in [1.54, 1.807) is 0 Å². The van der Waals surface area contributed by atoms with Crippen LogP contribution in [0.2, 0.25) is 0 Å². The largest absolute Gasteiger partial charge is 0.466 e. The Labute approximate surface area is 159 Å². The van der Waals surface area contributed by atoms with Crippen molar-refractivity contribution in [1.82, 2.24) is 4.90 Å². The fraction of sp³-hybridized carbons (Fsp3) is 0.818. The number of ether oxygens (including phenoxy) is 1. The van der Waals surface area contributed by atoms with Gasteiger partial charge in [-0.05, 0) is 51.4 Å². The van der Waals surface area contributed by atoms with Crippen molar-refractivity contribution in [2.75, 3.05) is 19.7 Å². The van der Waals surface area contributed by atoms with Crippen molar-refractivity contribution in [1.29, 1.82) is 0 Å². The zero-order chi connectivity index (χ0) is 18.6. The predicted molar refractivity (Wildman–Crippen MR) is 105 cm³/mol. The minimum Gasteiger partial charge on any atom is -0.466 e. The van der Waals surface area contributed by atoms with Crippen molar-refractivity contribution < 1.29 is 14.3 Å². The summed E-state index contributed by atoms with van der Waals surface area (Å²) < 4.78 is 5.03. The molecule has 0 aliphatic heterocycles. The van der Waals surface area contributed by atoms with Crippen LogP contribution in [0, 0.1) is 5.92 Å². The number of carbonyl (C=O) groups is 2. The van der Waals surface area contributed by atoms with Gasteiger partial charge >= 0.3 is 5.97 Å². The molecule has 0 radical (unpaired) electrons. The number of allylic oxidation sites excluding steroid dienone is 1. The van der Waals surface area contributed by atoms with Gasteiger partial charge in [0.1, 0.15) is 0 Å². The summed E-state index contributed by atoms with van der Waals surface area (Å²) >= 11 is 0. The first-order chi connectivity index (χ1) is 12.7. The number of hydrogen-bond donors (Lipinski definition) is 0. The van der Waals surface area contributed by atoms with E-state index < -0.39 is 0 Å². The SMILES string of the molecule is CCOC(=O)CCN(CCC1=CCCCC1)C(=O)CCC1CCCCC1. The summed E-state index contributed by atoms with van der Waals surface area (Å²) in [5.41, 5.74) is 1.48. The Kier molecular flexibility index (Phi) is 9.80. The first-order valence-electron chi connectivity index (χ1n) is 10.8. The molecule has 0 unspecified atom stereocenters. The smallest absolute Gasteiger partial charge is 0.307 e. The molecule has 0 heterocycles. The molecule has 0 N–H and O–H groups in total. The van der Waals surface area contributed by atoms with Gasteiger partial charge in [0.25, 0.3) is 0 Å². The first kappa shape index (κ1) is 21.0. The third-order valence-corrected chi connectivity index (χ3v) is 5.82. The highest BCUT2D eigenvalue weighted by Gasteiger charge is 2.19. The predicted octanol–water partition coefficient (Wildman–Crippen LogP) is 5.02. The maximum absolute atomic E-state index is 12.8. The van der Waals surface area contributed by atoms with Gasteiger partial charge in [0.15, 0.2) is 0 Å². The lowest BCUT2D eigenvalue weighted by atomic mass is 9.86. The van der Waals surface area contributed by atoms with Gasteiger partial charge in [0, 0.05) is 19.5 Å². The summed E-state index contributed by atoms with van der Waals surface area (Å²) in [5.74, 6) is 0.742. The molecule has 2 aliphatic rings. The van der Waals surface area contributed by atoms with Gasteiger partial charge in [-0.2, -0.15) is 0 Å². The monoisotopic (exact) mass is 363 g/mol. The lowest BCUT2D eigenvalue weighted by molar-refractivity contribution is -0.144. The molecule has 4 nitrogen and oxygen atoms in total. The topological polar surface area (TPSA) is 46.6 Å². The number of amides is 1. The van der Waals surface area contributed by atoms with Crippen molar-refractivity contribution in [3.05, 3.63) is 11.6 Å². The van der Waals surface area contributed by atoms with Gasteiger partial charge in [0.05, 0.1) is 13.0 Å². The molecule has 0 atom stereocenters. The molecule has 0 bridgehead atoms. The van der Waals surface area contributed by atoms with Gasteiger partial charge in [-0.3, -0.25) is 9.59 Å². The molecule has 0 aromatic rings. The van der Waals surface area contributed by atoms with Gasteiger partial charge in [-0.1, -0.05) is 43.8 Å². The lowest BCUT2D eigenvalue weighted by Crippen LogP contribution is -2.34. The normalized spacial score (nSPS) is 18.3. The summed E-state index contributed by atoms with van der Waals surface area (Å²) in [6.07, 6.45) is 16.7. The van der Waals surface area contributed by atoms with E-state index in [1.807, 2.05) is 11.8 Å². The molecule has 26 heavy (non-hydrogen) atoms. The van der Waals surface area contributed by atoms with Crippen LogP contribution in [0.5, 0.6) is 0 Å². The number of carbonyl (C=O) groups excluding carboxylic acids is 2. The maximum atomic E-state index is 12.8. The van der Waals surface area contributed by atoms with Crippen molar-refractivity contribution in [3.8, 4) is 0 Å². The quantitative estimate of drug-likeness (QED) is 0.404. The molecule has 0 saturated heterocycles. The van der Waals surface area contributed by atoms with E-state index in [4.69, 9.17) is 4.74 Å². The third-order valence-electron chi connectivity index (χ3n) is 5.82. The lowest BCUT2D eigenvalue weighted by Gasteiger charge is -2.26. The molecular formula is C22H37NO3. The zero-order valence-corrected chi connectivity index (χ0v) is 16.6. The average molecular weight is 364 g/mol. The highest BCUT2D eigenvalue weighted by molar-refractivity contribution is 5.77. The summed E-state index contributed by atoms with van der Waals surface area (Å²) in [6, 6.07) is 0. The van der Waals surface area contributed by atoms with Crippen LogP contribution >= 0.6 is 0 Å². The Morgan fingerprint density at radius 1 is 1.08 bits per heavy atom. The molecule has 2 aliphatic carbocycles. The minimum atomic E-state index is -0.200. The molecule has 1 fully saturated rings. The molecule has 1 amide bonds. The van der Waals surface area contributed by atoms with Gasteiger partial charge in [-0.25, -0.2) is 0 Å². The Bertz CT molecular complexity index is 466. The Balaban J connectivity index is 1.81. The second-order valence-corrected chi connectivity index (χ2v) is 7.84. The number of nitrogens with zero attached hydrogens (tertiary/aromatic N) is 1. The maximum Gasteiger partial charge on any atom is 0.307 e. The van der Waals surface area contributed by atoms with Gasteiger partial charge in [-0.15, -0.1) is 0 Å². The fourth-order valence-electron chi connectivity index (χ4n) is 4.19. The Hall–Kier alpha value is -1.32. The minimum absolute atomic E-state index is 0.200. The molecule has 1 saturated carbocycles. The fourth-order valence-corrected chi connectivity index (χ4v) is 4.19. The molecule has 0 aromatic heterocycles. The Morgan fingerprint density at radius 3 is 2.58 bits per heavy atom. The first-order valence-corrected chi connectivity index (χ1v) is 10.8. The van der Waals surface area contributed by atoms with Crippen molar-refractivity contribution in [3.63, 3.8) is 0 Å². The molecule has 148 valence electrons. The van der Waals surface area contributed by atoms with Crippen molar-refractivity contribution >= 4 is 11.9 Å². The summed E-state index contributed by atoms with van der Waals surface area (Å²) in [7, 11) is 0. The van der Waals surface area contributed by atoms with E-state index in [2.05, 4.69) is 6.08 Å². The van der Waals surface area contributed by atoms with Crippen LogP contribution in [0.4, 0.5) is 0 Å². The number of esters is 1. The molecule has 4 heteroatoms. The third kappa shape index (κ3) is 7.92. The summed E-state index contributed by atoms with van der Waals surface area (Å²) in [4.78, 5) is 26.4. The van der Waals surface area contributed by atoms with E-state index in [9.17, 15) is 9.59 Å².